The Hall–Kier alpha value is -0.770. The first kappa shape index (κ1) is 14.2. The number of likely N-dealkylation sites (tertiary alicyclic amines) is 1. The Morgan fingerprint density at radius 2 is 2.20 bits per heavy atom. The molecule has 0 amide bonds. The van der Waals surface area contributed by atoms with Crippen molar-refractivity contribution in [3.8, 4) is 0 Å². The maximum absolute atomic E-state index is 5.67. The Labute approximate surface area is 123 Å². The van der Waals surface area contributed by atoms with Crippen LogP contribution in [0.3, 0.4) is 0 Å². The van der Waals surface area contributed by atoms with Gasteiger partial charge < -0.3 is 15.0 Å². The molecule has 2 aliphatic carbocycles. The fourth-order valence-corrected chi connectivity index (χ4v) is 3.38. The van der Waals surface area contributed by atoms with E-state index < -0.39 is 0 Å². The summed E-state index contributed by atoms with van der Waals surface area (Å²) in [5.41, 5.74) is 0.638. The van der Waals surface area contributed by atoms with Gasteiger partial charge in [-0.05, 0) is 50.4 Å². The van der Waals surface area contributed by atoms with Crippen molar-refractivity contribution >= 4 is 5.96 Å². The second kappa shape index (κ2) is 6.33. The van der Waals surface area contributed by atoms with Gasteiger partial charge in [-0.2, -0.15) is 0 Å². The van der Waals surface area contributed by atoms with Gasteiger partial charge in [0, 0.05) is 26.2 Å². The van der Waals surface area contributed by atoms with Crippen LogP contribution in [-0.2, 0) is 4.74 Å². The molecular weight excluding hydrogens is 250 g/mol. The van der Waals surface area contributed by atoms with E-state index in [-0.39, 0.29) is 0 Å². The van der Waals surface area contributed by atoms with Crippen molar-refractivity contribution in [2.75, 3.05) is 39.4 Å². The minimum atomic E-state index is 0.638. The van der Waals surface area contributed by atoms with E-state index >= 15 is 0 Å². The summed E-state index contributed by atoms with van der Waals surface area (Å²) in [6, 6.07) is 0. The van der Waals surface area contributed by atoms with Crippen LogP contribution in [0.25, 0.3) is 0 Å². The van der Waals surface area contributed by atoms with Gasteiger partial charge in [-0.1, -0.05) is 6.42 Å². The lowest BCUT2D eigenvalue weighted by Crippen LogP contribution is -2.42. The Morgan fingerprint density at radius 1 is 1.35 bits per heavy atom. The molecular formula is C16H29N3O. The molecule has 1 N–H and O–H groups in total. The number of guanidine groups is 1. The Kier molecular flexibility index (Phi) is 4.49. The summed E-state index contributed by atoms with van der Waals surface area (Å²) in [5, 5.41) is 3.44. The molecule has 3 rings (SSSR count). The second-order valence-corrected chi connectivity index (χ2v) is 6.78. The number of hydrogen-bond donors (Lipinski definition) is 1. The summed E-state index contributed by atoms with van der Waals surface area (Å²) in [7, 11) is 0. The van der Waals surface area contributed by atoms with Crippen molar-refractivity contribution in [1.29, 1.82) is 0 Å². The molecule has 4 heteroatoms. The van der Waals surface area contributed by atoms with Crippen molar-refractivity contribution in [3.05, 3.63) is 0 Å². The third-order valence-corrected chi connectivity index (χ3v) is 5.03. The van der Waals surface area contributed by atoms with Gasteiger partial charge in [-0.3, -0.25) is 4.99 Å². The maximum Gasteiger partial charge on any atom is 0.194 e. The van der Waals surface area contributed by atoms with Crippen LogP contribution >= 0.6 is 0 Å². The van der Waals surface area contributed by atoms with E-state index in [2.05, 4.69) is 17.1 Å². The highest BCUT2D eigenvalue weighted by Crippen LogP contribution is 2.47. The molecule has 20 heavy (non-hydrogen) atoms. The molecule has 0 aromatic rings. The third-order valence-electron chi connectivity index (χ3n) is 5.03. The fraction of sp³-hybridized carbons (Fsp3) is 0.938. The Bertz CT molecular complexity index is 348. The minimum Gasteiger partial charge on any atom is -0.379 e. The molecule has 0 unspecified atom stereocenters. The lowest BCUT2D eigenvalue weighted by atomic mass is 9.68. The van der Waals surface area contributed by atoms with Crippen LogP contribution in [0, 0.1) is 11.3 Å². The zero-order valence-corrected chi connectivity index (χ0v) is 12.9. The van der Waals surface area contributed by atoms with E-state index in [0.717, 1.165) is 38.2 Å². The molecule has 2 saturated carbocycles. The number of nitrogens with one attached hydrogen (secondary N) is 1. The average molecular weight is 279 g/mol. The molecule has 0 aromatic heterocycles. The van der Waals surface area contributed by atoms with E-state index in [1.54, 1.807) is 0 Å². The SMILES string of the molecule is CCNC(=NCCOCC1CC1)N1CCC2(CCC2)C1. The van der Waals surface area contributed by atoms with Gasteiger partial charge in [0.1, 0.15) is 0 Å². The summed E-state index contributed by atoms with van der Waals surface area (Å²) < 4.78 is 5.67. The zero-order valence-electron chi connectivity index (χ0n) is 12.9. The van der Waals surface area contributed by atoms with Gasteiger partial charge in [0.15, 0.2) is 5.96 Å². The van der Waals surface area contributed by atoms with E-state index in [1.165, 1.54) is 51.6 Å². The number of aliphatic imine (C=N–C) groups is 1. The summed E-state index contributed by atoms with van der Waals surface area (Å²) in [4.78, 5) is 7.20. The van der Waals surface area contributed by atoms with Crippen LogP contribution < -0.4 is 5.32 Å². The van der Waals surface area contributed by atoms with E-state index in [0.29, 0.717) is 5.41 Å². The van der Waals surface area contributed by atoms with Crippen molar-refractivity contribution in [1.82, 2.24) is 10.2 Å². The summed E-state index contributed by atoms with van der Waals surface area (Å²) in [6.07, 6.45) is 8.36. The summed E-state index contributed by atoms with van der Waals surface area (Å²) in [5.74, 6) is 1.95. The normalized spacial score (nSPS) is 25.1. The lowest BCUT2D eigenvalue weighted by molar-refractivity contribution is 0.131. The van der Waals surface area contributed by atoms with E-state index in [9.17, 15) is 0 Å². The van der Waals surface area contributed by atoms with Gasteiger partial charge >= 0.3 is 0 Å². The van der Waals surface area contributed by atoms with Crippen LogP contribution in [0.2, 0.25) is 0 Å². The quantitative estimate of drug-likeness (QED) is 0.460. The van der Waals surface area contributed by atoms with Crippen molar-refractivity contribution in [3.63, 3.8) is 0 Å². The molecule has 1 aliphatic heterocycles. The molecule has 0 atom stereocenters. The number of hydrogen-bond acceptors (Lipinski definition) is 2. The van der Waals surface area contributed by atoms with Crippen LogP contribution in [0.15, 0.2) is 4.99 Å². The van der Waals surface area contributed by atoms with Gasteiger partial charge in [0.25, 0.3) is 0 Å². The highest BCUT2D eigenvalue weighted by Gasteiger charge is 2.43. The molecule has 3 aliphatic rings. The lowest BCUT2D eigenvalue weighted by Gasteiger charge is -2.38. The topological polar surface area (TPSA) is 36.9 Å². The molecule has 0 aromatic carbocycles. The van der Waals surface area contributed by atoms with Gasteiger partial charge in [-0.25, -0.2) is 0 Å². The molecule has 1 spiro atoms. The maximum atomic E-state index is 5.67. The Morgan fingerprint density at radius 3 is 2.80 bits per heavy atom. The van der Waals surface area contributed by atoms with Crippen LogP contribution in [0.5, 0.6) is 0 Å². The predicted octanol–water partition coefficient (Wildman–Crippen LogP) is 2.25. The average Bonchev–Trinajstić information content (AvgIpc) is 3.11. The number of nitrogens with zero attached hydrogens (tertiary/aromatic N) is 2. The van der Waals surface area contributed by atoms with Crippen LogP contribution in [-0.4, -0.2) is 50.3 Å². The third kappa shape index (κ3) is 3.46. The smallest absolute Gasteiger partial charge is 0.194 e. The van der Waals surface area contributed by atoms with E-state index in [1.807, 2.05) is 0 Å². The largest absolute Gasteiger partial charge is 0.379 e. The van der Waals surface area contributed by atoms with Crippen LogP contribution in [0.1, 0.15) is 45.4 Å². The predicted molar refractivity (Wildman–Crippen MR) is 82.0 cm³/mol. The molecule has 4 nitrogen and oxygen atoms in total. The highest BCUT2D eigenvalue weighted by molar-refractivity contribution is 5.80. The van der Waals surface area contributed by atoms with Crippen molar-refractivity contribution in [2.45, 2.75) is 45.4 Å². The summed E-state index contributed by atoms with van der Waals surface area (Å²) >= 11 is 0. The molecule has 0 radical (unpaired) electrons. The molecule has 3 fully saturated rings. The fourth-order valence-electron chi connectivity index (χ4n) is 3.38. The highest BCUT2D eigenvalue weighted by atomic mass is 16.5. The molecule has 1 heterocycles. The van der Waals surface area contributed by atoms with Crippen LogP contribution in [0.4, 0.5) is 0 Å². The first-order chi connectivity index (χ1) is 9.81. The molecule has 0 bridgehead atoms. The second-order valence-electron chi connectivity index (χ2n) is 6.78. The Balaban J connectivity index is 1.43. The zero-order chi connectivity index (χ0) is 13.8. The van der Waals surface area contributed by atoms with Gasteiger partial charge in [0.2, 0.25) is 0 Å². The number of rotatable bonds is 6. The number of ether oxygens (including phenoxy) is 1. The first-order valence-corrected chi connectivity index (χ1v) is 8.42. The monoisotopic (exact) mass is 279 g/mol. The van der Waals surface area contributed by atoms with Gasteiger partial charge in [0.05, 0.1) is 13.2 Å². The standard InChI is InChI=1S/C16H29N3O/c1-2-17-15(18-9-11-20-12-14-4-5-14)19-10-8-16(13-19)6-3-7-16/h14H,2-13H2,1H3,(H,17,18). The minimum absolute atomic E-state index is 0.638. The van der Waals surface area contributed by atoms with Gasteiger partial charge in [-0.15, -0.1) is 0 Å². The van der Waals surface area contributed by atoms with Crippen molar-refractivity contribution in [2.24, 2.45) is 16.3 Å². The van der Waals surface area contributed by atoms with Crippen molar-refractivity contribution < 1.29 is 4.74 Å². The summed E-state index contributed by atoms with van der Waals surface area (Å²) in [6.45, 7) is 7.98. The molecule has 1 saturated heterocycles. The first-order valence-electron chi connectivity index (χ1n) is 8.42. The molecule has 114 valence electrons. The van der Waals surface area contributed by atoms with E-state index in [4.69, 9.17) is 9.73 Å².